The number of ether oxygens (including phenoxy) is 1. The molecule has 0 radical (unpaired) electrons. The predicted octanol–water partition coefficient (Wildman–Crippen LogP) is 3.89. The number of carbonyl (C=O) groups excluding carboxylic acids is 2. The Morgan fingerprint density at radius 2 is 1.68 bits per heavy atom. The number of hydrogen-bond acceptors (Lipinski definition) is 6. The molecule has 1 atom stereocenters. The molecule has 0 unspecified atom stereocenters. The number of aromatic nitrogens is 2. The highest BCUT2D eigenvalue weighted by molar-refractivity contribution is 7.99. The third-order valence-electron chi connectivity index (χ3n) is 5.73. The van der Waals surface area contributed by atoms with Crippen LogP contribution in [0.2, 0.25) is 0 Å². The number of fused-ring (bicyclic) bond motifs is 2. The van der Waals surface area contributed by atoms with Gasteiger partial charge in [-0.25, -0.2) is 5.10 Å². The van der Waals surface area contributed by atoms with Crippen LogP contribution in [0.5, 0.6) is 0 Å². The van der Waals surface area contributed by atoms with Crippen molar-refractivity contribution >= 4 is 40.1 Å². The van der Waals surface area contributed by atoms with Crippen molar-refractivity contribution in [2.45, 2.75) is 17.4 Å². The average Bonchev–Trinajstić information content (AvgIpc) is 2.89. The van der Waals surface area contributed by atoms with Crippen LogP contribution in [0.3, 0.4) is 0 Å². The number of aromatic amines is 1. The van der Waals surface area contributed by atoms with Crippen LogP contribution in [0.4, 0.5) is 5.69 Å². The summed E-state index contributed by atoms with van der Waals surface area (Å²) in [7, 11) is 0. The van der Waals surface area contributed by atoms with Crippen LogP contribution in [0.1, 0.15) is 17.3 Å². The van der Waals surface area contributed by atoms with Crippen molar-refractivity contribution in [2.75, 3.05) is 17.3 Å². The number of H-pyrrole nitrogens is 1. The molecule has 1 N–H and O–H groups in total. The lowest BCUT2D eigenvalue weighted by Crippen LogP contribution is -2.41. The van der Waals surface area contributed by atoms with Crippen molar-refractivity contribution < 1.29 is 14.3 Å². The SMILES string of the molecule is O=C(Cc1n[nH]c(=O)c2ccccc12)OCC(=O)N1c2ccccc2SC[C@@H]1c1ccccc1. The maximum atomic E-state index is 13.3. The highest BCUT2D eigenvalue weighted by Crippen LogP contribution is 2.43. The first kappa shape index (κ1) is 21.9. The van der Waals surface area contributed by atoms with E-state index in [0.29, 0.717) is 22.2 Å². The first-order valence-electron chi connectivity index (χ1n) is 10.8. The molecule has 1 aromatic heterocycles. The smallest absolute Gasteiger partial charge is 0.312 e. The van der Waals surface area contributed by atoms with Gasteiger partial charge in [0.1, 0.15) is 0 Å². The fraction of sp³-hybridized carbons (Fsp3) is 0.154. The van der Waals surface area contributed by atoms with Crippen molar-refractivity contribution in [2.24, 2.45) is 0 Å². The van der Waals surface area contributed by atoms with Crippen LogP contribution in [0, 0.1) is 0 Å². The van der Waals surface area contributed by atoms with Crippen molar-refractivity contribution in [1.82, 2.24) is 10.2 Å². The highest BCUT2D eigenvalue weighted by Gasteiger charge is 2.33. The lowest BCUT2D eigenvalue weighted by atomic mass is 10.1. The Balaban J connectivity index is 1.34. The number of amides is 1. The summed E-state index contributed by atoms with van der Waals surface area (Å²) in [6, 6.07) is 24.3. The van der Waals surface area contributed by atoms with E-state index >= 15 is 0 Å². The zero-order valence-electron chi connectivity index (χ0n) is 18.1. The van der Waals surface area contributed by atoms with Gasteiger partial charge >= 0.3 is 5.97 Å². The molecule has 4 aromatic rings. The molecule has 0 spiro atoms. The molecule has 0 saturated carbocycles. The molecule has 7 nitrogen and oxygen atoms in total. The Hall–Kier alpha value is -3.91. The minimum absolute atomic E-state index is 0.154. The maximum absolute atomic E-state index is 13.3. The van der Waals surface area contributed by atoms with Crippen LogP contribution in [-0.2, 0) is 20.7 Å². The van der Waals surface area contributed by atoms with E-state index in [0.717, 1.165) is 16.1 Å². The van der Waals surface area contributed by atoms with Gasteiger partial charge in [0, 0.05) is 16.0 Å². The Kier molecular flexibility index (Phi) is 6.14. The Labute approximate surface area is 199 Å². The van der Waals surface area contributed by atoms with Crippen molar-refractivity contribution in [1.29, 1.82) is 0 Å². The zero-order valence-corrected chi connectivity index (χ0v) is 19.0. The molecule has 0 bridgehead atoms. The first-order valence-corrected chi connectivity index (χ1v) is 11.8. The van der Waals surface area contributed by atoms with E-state index in [1.54, 1.807) is 40.9 Å². The fourth-order valence-electron chi connectivity index (χ4n) is 4.12. The molecule has 0 fully saturated rings. The zero-order chi connectivity index (χ0) is 23.5. The standard InChI is InChI=1S/C26H21N3O4S/c30-24(15-33-25(31)14-20-18-10-4-5-11-19(18)26(32)28-27-20)29-21-12-6-7-13-23(21)34-16-22(29)17-8-2-1-3-9-17/h1-13,22H,14-16H2,(H,28,32)/t22-/m1/s1. The normalized spacial score (nSPS) is 15.1. The van der Waals surface area contributed by atoms with Gasteiger partial charge in [-0.15, -0.1) is 11.8 Å². The Morgan fingerprint density at radius 1 is 0.971 bits per heavy atom. The monoisotopic (exact) mass is 471 g/mol. The summed E-state index contributed by atoms with van der Waals surface area (Å²) in [6.07, 6.45) is -0.154. The summed E-state index contributed by atoms with van der Waals surface area (Å²) in [4.78, 5) is 40.6. The summed E-state index contributed by atoms with van der Waals surface area (Å²) >= 11 is 1.70. The summed E-state index contributed by atoms with van der Waals surface area (Å²) < 4.78 is 5.37. The summed E-state index contributed by atoms with van der Waals surface area (Å²) in [5.74, 6) is -0.184. The number of esters is 1. The second-order valence-electron chi connectivity index (χ2n) is 7.85. The Bertz CT molecular complexity index is 1420. The molecule has 5 rings (SSSR count). The number of nitrogens with zero attached hydrogens (tertiary/aromatic N) is 2. The minimum Gasteiger partial charge on any atom is -0.455 e. The van der Waals surface area contributed by atoms with Crippen molar-refractivity contribution in [3.05, 3.63) is 100 Å². The van der Waals surface area contributed by atoms with Gasteiger partial charge in [0.05, 0.1) is 29.2 Å². The van der Waals surface area contributed by atoms with E-state index < -0.39 is 5.97 Å². The molecule has 0 aliphatic carbocycles. The quantitative estimate of drug-likeness (QED) is 0.444. The topological polar surface area (TPSA) is 92.4 Å². The fourth-order valence-corrected chi connectivity index (χ4v) is 5.29. The molecular weight excluding hydrogens is 450 g/mol. The molecule has 1 amide bonds. The Morgan fingerprint density at radius 3 is 2.50 bits per heavy atom. The number of benzene rings is 3. The van der Waals surface area contributed by atoms with Gasteiger partial charge < -0.3 is 4.74 Å². The van der Waals surface area contributed by atoms with E-state index in [4.69, 9.17) is 4.74 Å². The van der Waals surface area contributed by atoms with Crippen LogP contribution in [0.25, 0.3) is 10.8 Å². The molecule has 1 aliphatic heterocycles. The average molecular weight is 472 g/mol. The summed E-state index contributed by atoms with van der Waals surface area (Å²) in [5.41, 5.74) is 1.90. The number of hydrogen-bond donors (Lipinski definition) is 1. The van der Waals surface area contributed by atoms with Crippen LogP contribution < -0.4 is 10.5 Å². The van der Waals surface area contributed by atoms with Gasteiger partial charge in [0.25, 0.3) is 11.5 Å². The van der Waals surface area contributed by atoms with Crippen molar-refractivity contribution in [3.63, 3.8) is 0 Å². The third-order valence-corrected chi connectivity index (χ3v) is 6.87. The van der Waals surface area contributed by atoms with E-state index in [2.05, 4.69) is 10.2 Å². The number of carbonyl (C=O) groups is 2. The number of anilines is 1. The number of para-hydroxylation sites is 1. The number of nitrogens with one attached hydrogen (secondary N) is 1. The van der Waals surface area contributed by atoms with Gasteiger partial charge in [-0.1, -0.05) is 60.7 Å². The maximum Gasteiger partial charge on any atom is 0.312 e. The van der Waals surface area contributed by atoms with Crippen LogP contribution in [0.15, 0.2) is 88.6 Å². The van der Waals surface area contributed by atoms with Gasteiger partial charge in [-0.05, 0) is 23.8 Å². The minimum atomic E-state index is -0.589. The summed E-state index contributed by atoms with van der Waals surface area (Å²) in [5, 5.41) is 7.45. The third kappa shape index (κ3) is 4.32. The molecule has 2 heterocycles. The molecular formula is C26H21N3O4S. The highest BCUT2D eigenvalue weighted by atomic mass is 32.2. The first-order chi connectivity index (χ1) is 16.6. The van der Waals surface area contributed by atoms with Gasteiger partial charge in [-0.3, -0.25) is 19.3 Å². The molecule has 8 heteroatoms. The lowest BCUT2D eigenvalue weighted by molar-refractivity contribution is -0.147. The second kappa shape index (κ2) is 9.52. The largest absolute Gasteiger partial charge is 0.455 e. The predicted molar refractivity (Wildman–Crippen MR) is 131 cm³/mol. The molecule has 3 aromatic carbocycles. The van der Waals surface area contributed by atoms with Gasteiger partial charge in [0.2, 0.25) is 0 Å². The van der Waals surface area contributed by atoms with Gasteiger partial charge in [0.15, 0.2) is 6.61 Å². The van der Waals surface area contributed by atoms with E-state index in [1.165, 1.54) is 0 Å². The van der Waals surface area contributed by atoms with E-state index in [-0.39, 0.29) is 30.5 Å². The lowest BCUT2D eigenvalue weighted by Gasteiger charge is -2.37. The number of thioether (sulfide) groups is 1. The van der Waals surface area contributed by atoms with Crippen LogP contribution >= 0.6 is 11.8 Å². The molecule has 34 heavy (non-hydrogen) atoms. The van der Waals surface area contributed by atoms with Crippen molar-refractivity contribution in [3.8, 4) is 0 Å². The molecule has 0 saturated heterocycles. The molecule has 170 valence electrons. The second-order valence-corrected chi connectivity index (χ2v) is 8.91. The number of rotatable bonds is 5. The van der Waals surface area contributed by atoms with E-state index in [1.807, 2.05) is 54.6 Å². The van der Waals surface area contributed by atoms with E-state index in [9.17, 15) is 14.4 Å². The van der Waals surface area contributed by atoms with Gasteiger partial charge in [-0.2, -0.15) is 5.10 Å². The molecule has 1 aliphatic rings. The van der Waals surface area contributed by atoms with Crippen LogP contribution in [-0.4, -0.2) is 34.4 Å². The summed E-state index contributed by atoms with van der Waals surface area (Å²) in [6.45, 7) is -0.386.